The lowest BCUT2D eigenvalue weighted by molar-refractivity contribution is -0.125. The number of nitrogens with zero attached hydrogens (tertiary/aromatic N) is 2. The second-order valence-corrected chi connectivity index (χ2v) is 6.47. The summed E-state index contributed by atoms with van der Waals surface area (Å²) in [5.74, 6) is 0.244. The molecular formula is C20H18ClN3O2. The van der Waals surface area contributed by atoms with Crippen LogP contribution in [0.4, 0.5) is 0 Å². The van der Waals surface area contributed by atoms with Crippen molar-refractivity contribution in [1.82, 2.24) is 14.9 Å². The molecular weight excluding hydrogens is 350 g/mol. The first-order valence-electron chi connectivity index (χ1n) is 8.11. The molecule has 0 saturated heterocycles. The van der Waals surface area contributed by atoms with Crippen LogP contribution in [0.5, 0.6) is 0 Å². The first-order valence-corrected chi connectivity index (χ1v) is 8.49. The lowest BCUT2D eigenvalue weighted by atomic mass is 10.1. The molecule has 1 aromatic heterocycles. The van der Waals surface area contributed by atoms with Crippen LogP contribution >= 0.6 is 11.6 Å². The number of benzene rings is 2. The fourth-order valence-corrected chi connectivity index (χ4v) is 2.71. The van der Waals surface area contributed by atoms with Gasteiger partial charge in [-0.15, -0.1) is 0 Å². The van der Waals surface area contributed by atoms with Crippen molar-refractivity contribution >= 4 is 34.5 Å². The minimum atomic E-state index is -0.212. The Bertz CT molecular complexity index is 1060. The number of aromatic nitrogens is 2. The second-order valence-electron chi connectivity index (χ2n) is 6.07. The summed E-state index contributed by atoms with van der Waals surface area (Å²) in [6.45, 7) is 2.13. The normalized spacial score (nSPS) is 11.2. The van der Waals surface area contributed by atoms with E-state index in [-0.39, 0.29) is 18.0 Å². The van der Waals surface area contributed by atoms with Crippen molar-refractivity contribution < 1.29 is 4.79 Å². The number of carbonyl (C=O) groups is 1. The van der Waals surface area contributed by atoms with Crippen LogP contribution in [0.2, 0.25) is 5.02 Å². The third-order valence-electron chi connectivity index (χ3n) is 4.04. The quantitative estimate of drug-likeness (QED) is 0.717. The third-order valence-corrected chi connectivity index (χ3v) is 4.45. The molecule has 132 valence electrons. The predicted octanol–water partition coefficient (Wildman–Crippen LogP) is 3.56. The number of H-pyrrole nitrogens is 1. The highest BCUT2D eigenvalue weighted by Crippen LogP contribution is 2.17. The van der Waals surface area contributed by atoms with Gasteiger partial charge in [0.1, 0.15) is 5.82 Å². The van der Waals surface area contributed by atoms with E-state index < -0.39 is 0 Å². The summed E-state index contributed by atoms with van der Waals surface area (Å²) in [6, 6.07) is 12.7. The number of aromatic amines is 1. The van der Waals surface area contributed by atoms with Gasteiger partial charge >= 0.3 is 0 Å². The van der Waals surface area contributed by atoms with E-state index in [0.29, 0.717) is 21.7 Å². The fraction of sp³-hybridized carbons (Fsp3) is 0.150. The molecule has 1 heterocycles. The van der Waals surface area contributed by atoms with Crippen molar-refractivity contribution in [3.05, 3.63) is 80.9 Å². The van der Waals surface area contributed by atoms with Gasteiger partial charge in [-0.2, -0.15) is 0 Å². The molecule has 6 heteroatoms. The SMILES string of the molecule is Cc1ccc(C=CC(=O)N(C)Cc2nc3ccccc3c(=O)[nH]2)cc1Cl. The van der Waals surface area contributed by atoms with E-state index in [0.717, 1.165) is 11.1 Å². The van der Waals surface area contributed by atoms with Crippen LogP contribution in [0.25, 0.3) is 17.0 Å². The molecule has 5 nitrogen and oxygen atoms in total. The lowest BCUT2D eigenvalue weighted by Gasteiger charge is -2.14. The summed E-state index contributed by atoms with van der Waals surface area (Å²) in [4.78, 5) is 33.0. The van der Waals surface area contributed by atoms with Gasteiger partial charge in [-0.3, -0.25) is 9.59 Å². The Morgan fingerprint density at radius 2 is 2.04 bits per heavy atom. The van der Waals surface area contributed by atoms with Crippen LogP contribution in [-0.4, -0.2) is 27.8 Å². The van der Waals surface area contributed by atoms with Gasteiger partial charge in [0.2, 0.25) is 5.91 Å². The minimum absolute atomic E-state index is 0.197. The summed E-state index contributed by atoms with van der Waals surface area (Å²) in [6.07, 6.45) is 3.18. The van der Waals surface area contributed by atoms with Gasteiger partial charge < -0.3 is 9.88 Å². The van der Waals surface area contributed by atoms with Gasteiger partial charge in [-0.1, -0.05) is 35.9 Å². The predicted molar refractivity (Wildman–Crippen MR) is 104 cm³/mol. The molecule has 3 aromatic rings. The number of para-hydroxylation sites is 1. The molecule has 0 radical (unpaired) electrons. The Labute approximate surface area is 155 Å². The topological polar surface area (TPSA) is 66.1 Å². The standard InChI is InChI=1S/C20H18ClN3O2/c1-13-7-8-14(11-16(13)21)9-10-19(25)24(2)12-18-22-17-6-4-3-5-15(17)20(26)23-18/h3-11H,12H2,1-2H3,(H,22,23,26). The zero-order valence-electron chi connectivity index (χ0n) is 14.5. The van der Waals surface area contributed by atoms with Crippen molar-refractivity contribution in [3.8, 4) is 0 Å². The van der Waals surface area contributed by atoms with Gasteiger partial charge in [0.05, 0.1) is 17.4 Å². The van der Waals surface area contributed by atoms with Crippen molar-refractivity contribution in [2.45, 2.75) is 13.5 Å². The molecule has 0 aliphatic carbocycles. The van der Waals surface area contributed by atoms with E-state index in [1.54, 1.807) is 31.3 Å². The number of halogens is 1. The van der Waals surface area contributed by atoms with Gasteiger partial charge in [-0.25, -0.2) is 4.98 Å². The van der Waals surface area contributed by atoms with E-state index in [4.69, 9.17) is 11.6 Å². The summed E-state index contributed by atoms with van der Waals surface area (Å²) in [5.41, 5.74) is 2.23. The fourth-order valence-electron chi connectivity index (χ4n) is 2.52. The number of likely N-dealkylation sites (N-methyl/N-ethyl adjacent to an activating group) is 1. The molecule has 0 atom stereocenters. The molecule has 2 aromatic carbocycles. The number of nitrogens with one attached hydrogen (secondary N) is 1. The van der Waals surface area contributed by atoms with Crippen LogP contribution in [0, 0.1) is 6.92 Å². The smallest absolute Gasteiger partial charge is 0.258 e. The van der Waals surface area contributed by atoms with Crippen LogP contribution in [0.1, 0.15) is 17.0 Å². The monoisotopic (exact) mass is 367 g/mol. The Morgan fingerprint density at radius 3 is 2.81 bits per heavy atom. The number of aryl methyl sites for hydroxylation is 1. The average molecular weight is 368 g/mol. The van der Waals surface area contributed by atoms with Crippen molar-refractivity contribution in [2.75, 3.05) is 7.05 Å². The van der Waals surface area contributed by atoms with Crippen LogP contribution in [0.15, 0.2) is 53.3 Å². The summed E-state index contributed by atoms with van der Waals surface area (Å²) in [5, 5.41) is 1.19. The maximum absolute atomic E-state index is 12.3. The number of carbonyl (C=O) groups excluding carboxylic acids is 1. The lowest BCUT2D eigenvalue weighted by Crippen LogP contribution is -2.26. The van der Waals surface area contributed by atoms with Gasteiger partial charge in [0.25, 0.3) is 5.56 Å². The van der Waals surface area contributed by atoms with E-state index in [1.165, 1.54) is 11.0 Å². The maximum atomic E-state index is 12.3. The first kappa shape index (κ1) is 17.9. The third kappa shape index (κ3) is 4.00. The minimum Gasteiger partial charge on any atom is -0.335 e. The Hall–Kier alpha value is -2.92. The molecule has 1 N–H and O–H groups in total. The van der Waals surface area contributed by atoms with Crippen molar-refractivity contribution in [2.24, 2.45) is 0 Å². The number of hydrogen-bond donors (Lipinski definition) is 1. The van der Waals surface area contributed by atoms with Crippen molar-refractivity contribution in [3.63, 3.8) is 0 Å². The highest BCUT2D eigenvalue weighted by Gasteiger charge is 2.09. The molecule has 0 spiro atoms. The van der Waals surface area contributed by atoms with E-state index in [1.807, 2.05) is 31.2 Å². The highest BCUT2D eigenvalue weighted by atomic mass is 35.5. The summed E-state index contributed by atoms with van der Waals surface area (Å²) >= 11 is 6.09. The maximum Gasteiger partial charge on any atom is 0.258 e. The molecule has 0 saturated carbocycles. The molecule has 1 amide bonds. The molecule has 3 rings (SSSR count). The Kier molecular flexibility index (Phi) is 5.19. The van der Waals surface area contributed by atoms with Crippen LogP contribution < -0.4 is 5.56 Å². The average Bonchev–Trinajstić information content (AvgIpc) is 2.62. The summed E-state index contributed by atoms with van der Waals surface area (Å²) in [7, 11) is 1.66. The molecule has 0 aliphatic rings. The number of fused-ring (bicyclic) bond motifs is 1. The zero-order valence-corrected chi connectivity index (χ0v) is 15.2. The summed E-state index contributed by atoms with van der Waals surface area (Å²) < 4.78 is 0. The van der Waals surface area contributed by atoms with Gasteiger partial charge in [-0.05, 0) is 42.3 Å². The molecule has 0 aliphatic heterocycles. The molecule has 0 fully saturated rings. The van der Waals surface area contributed by atoms with Gasteiger partial charge in [0, 0.05) is 18.1 Å². The first-order chi connectivity index (χ1) is 12.4. The molecule has 0 unspecified atom stereocenters. The van der Waals surface area contributed by atoms with E-state index in [2.05, 4.69) is 9.97 Å². The number of hydrogen-bond acceptors (Lipinski definition) is 3. The Morgan fingerprint density at radius 1 is 1.27 bits per heavy atom. The molecule has 0 bridgehead atoms. The largest absolute Gasteiger partial charge is 0.335 e. The zero-order chi connectivity index (χ0) is 18.7. The van der Waals surface area contributed by atoms with E-state index >= 15 is 0 Å². The van der Waals surface area contributed by atoms with E-state index in [9.17, 15) is 9.59 Å². The highest BCUT2D eigenvalue weighted by molar-refractivity contribution is 6.31. The van der Waals surface area contributed by atoms with Crippen molar-refractivity contribution in [1.29, 1.82) is 0 Å². The van der Waals surface area contributed by atoms with Gasteiger partial charge in [0.15, 0.2) is 0 Å². The number of rotatable bonds is 4. The number of amides is 1. The second kappa shape index (κ2) is 7.54. The molecule has 26 heavy (non-hydrogen) atoms. The Balaban J connectivity index is 1.74. The van der Waals surface area contributed by atoms with Crippen LogP contribution in [-0.2, 0) is 11.3 Å². The van der Waals surface area contributed by atoms with Crippen LogP contribution in [0.3, 0.4) is 0 Å².